The van der Waals surface area contributed by atoms with E-state index in [4.69, 9.17) is 4.74 Å². The molecule has 0 aliphatic carbocycles. The van der Waals surface area contributed by atoms with E-state index in [1.165, 1.54) is 0 Å². The van der Waals surface area contributed by atoms with Crippen LogP contribution in [-0.2, 0) is 9.59 Å². The molecule has 1 amide bonds. The molecule has 0 heterocycles. The minimum Gasteiger partial charge on any atom is -0.497 e. The number of anilines is 1. The van der Waals surface area contributed by atoms with Gasteiger partial charge in [0, 0.05) is 37.2 Å². The van der Waals surface area contributed by atoms with Gasteiger partial charge >= 0.3 is 0 Å². The van der Waals surface area contributed by atoms with E-state index in [-0.39, 0.29) is 18.2 Å². The van der Waals surface area contributed by atoms with Gasteiger partial charge in [0.2, 0.25) is 5.91 Å². The second kappa shape index (κ2) is 9.55. The highest BCUT2D eigenvalue weighted by atomic mass is 16.5. The van der Waals surface area contributed by atoms with Crippen LogP contribution in [0.5, 0.6) is 5.75 Å². The number of benzene rings is 1. The molecule has 0 aromatic heterocycles. The zero-order chi connectivity index (χ0) is 16.4. The summed E-state index contributed by atoms with van der Waals surface area (Å²) in [4.78, 5) is 33.6. The first kappa shape index (κ1) is 17.7. The normalized spacial score (nSPS) is 9.91. The molecule has 0 atom stereocenters. The van der Waals surface area contributed by atoms with Gasteiger partial charge in [-0.05, 0) is 25.0 Å². The largest absolute Gasteiger partial charge is 0.497 e. The Morgan fingerprint density at radius 3 is 2.59 bits per heavy atom. The summed E-state index contributed by atoms with van der Waals surface area (Å²) in [6, 6.07) is 5.27. The highest BCUT2D eigenvalue weighted by Crippen LogP contribution is 2.23. The number of unbranched alkanes of at least 4 members (excludes halogenated alkanes) is 1. The molecule has 1 aromatic carbocycles. The van der Waals surface area contributed by atoms with E-state index >= 15 is 0 Å². The maximum Gasteiger partial charge on any atom is 0.220 e. The fraction of sp³-hybridized carbons (Fsp3) is 0.438. The Hall–Kier alpha value is -2.37. The van der Waals surface area contributed by atoms with E-state index < -0.39 is 0 Å². The van der Waals surface area contributed by atoms with E-state index in [0.29, 0.717) is 43.3 Å². The molecule has 6 heteroatoms. The predicted molar refractivity (Wildman–Crippen MR) is 84.4 cm³/mol. The van der Waals surface area contributed by atoms with Crippen molar-refractivity contribution in [3.63, 3.8) is 0 Å². The smallest absolute Gasteiger partial charge is 0.220 e. The Morgan fingerprint density at radius 1 is 1.23 bits per heavy atom. The standard InChI is InChI=1S/C16H22N2O4/c1-17-14-11-12(22-2)7-8-13(14)15(20)5-3-4-6-16(21)18-9-10-19/h7-8,10-11,17H,3-6,9H2,1-2H3,(H,18,21). The average molecular weight is 306 g/mol. The molecule has 120 valence electrons. The van der Waals surface area contributed by atoms with Crippen LogP contribution in [0.15, 0.2) is 18.2 Å². The molecule has 2 N–H and O–H groups in total. The Labute approximate surface area is 130 Å². The van der Waals surface area contributed by atoms with Crippen molar-refractivity contribution < 1.29 is 19.1 Å². The van der Waals surface area contributed by atoms with Gasteiger partial charge in [-0.2, -0.15) is 0 Å². The van der Waals surface area contributed by atoms with Gasteiger partial charge in [-0.15, -0.1) is 0 Å². The second-order valence-electron chi connectivity index (χ2n) is 4.76. The Kier molecular flexibility index (Phi) is 7.67. The number of nitrogens with one attached hydrogen (secondary N) is 2. The summed E-state index contributed by atoms with van der Waals surface area (Å²) < 4.78 is 5.13. The first-order valence-electron chi connectivity index (χ1n) is 7.21. The van der Waals surface area contributed by atoms with Crippen LogP contribution >= 0.6 is 0 Å². The highest BCUT2D eigenvalue weighted by molar-refractivity contribution is 6.01. The van der Waals surface area contributed by atoms with Gasteiger partial charge in [0.1, 0.15) is 12.0 Å². The molecule has 1 aromatic rings. The lowest BCUT2D eigenvalue weighted by atomic mass is 10.0. The van der Waals surface area contributed by atoms with Crippen molar-refractivity contribution in [3.8, 4) is 5.75 Å². The van der Waals surface area contributed by atoms with Crippen LogP contribution in [0, 0.1) is 0 Å². The van der Waals surface area contributed by atoms with Crippen molar-refractivity contribution in [1.29, 1.82) is 0 Å². The molecule has 0 aliphatic heterocycles. The van der Waals surface area contributed by atoms with Gasteiger partial charge < -0.3 is 20.2 Å². The van der Waals surface area contributed by atoms with Crippen LogP contribution < -0.4 is 15.4 Å². The molecule has 0 radical (unpaired) electrons. The Bertz CT molecular complexity index is 529. The van der Waals surface area contributed by atoms with Crippen molar-refractivity contribution in [1.82, 2.24) is 5.32 Å². The number of hydrogen-bond acceptors (Lipinski definition) is 5. The molecule has 0 aliphatic rings. The molecule has 0 saturated heterocycles. The van der Waals surface area contributed by atoms with Crippen LogP contribution in [0.4, 0.5) is 5.69 Å². The number of rotatable bonds is 10. The van der Waals surface area contributed by atoms with Gasteiger partial charge in [-0.3, -0.25) is 9.59 Å². The molecule has 0 bridgehead atoms. The summed E-state index contributed by atoms with van der Waals surface area (Å²) in [7, 11) is 3.33. The van der Waals surface area contributed by atoms with Crippen molar-refractivity contribution in [2.45, 2.75) is 25.7 Å². The first-order chi connectivity index (χ1) is 10.6. The predicted octanol–water partition coefficient (Wildman–Crippen LogP) is 1.80. The van der Waals surface area contributed by atoms with E-state index in [9.17, 15) is 14.4 Å². The first-order valence-corrected chi connectivity index (χ1v) is 7.21. The van der Waals surface area contributed by atoms with Crippen LogP contribution in [0.3, 0.4) is 0 Å². The number of aldehydes is 1. The second-order valence-corrected chi connectivity index (χ2v) is 4.76. The fourth-order valence-electron chi connectivity index (χ4n) is 2.05. The quantitative estimate of drug-likeness (QED) is 0.391. The van der Waals surface area contributed by atoms with Gasteiger partial charge in [-0.25, -0.2) is 0 Å². The number of ether oxygens (including phenoxy) is 1. The summed E-state index contributed by atoms with van der Waals surface area (Å²) in [6.07, 6.45) is 2.58. The topological polar surface area (TPSA) is 84.5 Å². The number of carbonyl (C=O) groups excluding carboxylic acids is 3. The molecular formula is C16H22N2O4. The maximum atomic E-state index is 12.2. The number of carbonyl (C=O) groups is 3. The third-order valence-corrected chi connectivity index (χ3v) is 3.24. The number of methoxy groups -OCH3 is 1. The third kappa shape index (κ3) is 5.55. The minimum absolute atomic E-state index is 0.0281. The van der Waals surface area contributed by atoms with Crippen molar-refractivity contribution >= 4 is 23.7 Å². The van der Waals surface area contributed by atoms with Crippen LogP contribution in [0.25, 0.3) is 0 Å². The molecule has 0 saturated carbocycles. The van der Waals surface area contributed by atoms with Crippen LogP contribution in [0.1, 0.15) is 36.0 Å². The zero-order valence-corrected chi connectivity index (χ0v) is 13.0. The molecule has 0 unspecified atom stereocenters. The monoisotopic (exact) mass is 306 g/mol. The van der Waals surface area contributed by atoms with Gasteiger partial charge in [0.15, 0.2) is 5.78 Å². The SMILES string of the molecule is CNc1cc(OC)ccc1C(=O)CCCCC(=O)NCC=O. The van der Waals surface area contributed by atoms with Gasteiger partial charge in [-0.1, -0.05) is 0 Å². The lowest BCUT2D eigenvalue weighted by Crippen LogP contribution is -2.24. The minimum atomic E-state index is -0.167. The molecule has 22 heavy (non-hydrogen) atoms. The summed E-state index contributed by atoms with van der Waals surface area (Å²) in [5, 5.41) is 5.45. The summed E-state index contributed by atoms with van der Waals surface area (Å²) in [5.41, 5.74) is 1.35. The van der Waals surface area contributed by atoms with E-state index in [0.717, 1.165) is 5.69 Å². The van der Waals surface area contributed by atoms with Crippen molar-refractivity contribution in [2.24, 2.45) is 0 Å². The van der Waals surface area contributed by atoms with Crippen molar-refractivity contribution in [2.75, 3.05) is 26.0 Å². The number of amides is 1. The number of ketones is 1. The third-order valence-electron chi connectivity index (χ3n) is 3.24. The summed E-state index contributed by atoms with van der Waals surface area (Å²) in [6.45, 7) is 0.0368. The molecule has 1 rings (SSSR count). The van der Waals surface area contributed by atoms with Crippen LogP contribution in [0.2, 0.25) is 0 Å². The lowest BCUT2D eigenvalue weighted by molar-refractivity contribution is -0.122. The molecule has 6 nitrogen and oxygen atoms in total. The van der Waals surface area contributed by atoms with Crippen LogP contribution in [-0.4, -0.2) is 38.7 Å². The molecular weight excluding hydrogens is 284 g/mol. The number of Topliss-reactive ketones (excluding diaryl/α,β-unsaturated/α-hetero) is 1. The zero-order valence-electron chi connectivity index (χ0n) is 13.0. The van der Waals surface area contributed by atoms with Gasteiger partial charge in [0.25, 0.3) is 0 Å². The highest BCUT2D eigenvalue weighted by Gasteiger charge is 2.12. The summed E-state index contributed by atoms with van der Waals surface area (Å²) >= 11 is 0. The van der Waals surface area contributed by atoms with Crippen molar-refractivity contribution in [3.05, 3.63) is 23.8 Å². The lowest BCUT2D eigenvalue weighted by Gasteiger charge is -2.10. The maximum absolute atomic E-state index is 12.2. The average Bonchev–Trinajstić information content (AvgIpc) is 2.55. The van der Waals surface area contributed by atoms with E-state index in [1.807, 2.05) is 0 Å². The number of hydrogen-bond donors (Lipinski definition) is 2. The fourth-order valence-corrected chi connectivity index (χ4v) is 2.05. The summed E-state index contributed by atoms with van der Waals surface area (Å²) in [5.74, 6) is 0.549. The molecule has 0 spiro atoms. The van der Waals surface area contributed by atoms with Gasteiger partial charge in [0.05, 0.1) is 13.7 Å². The Balaban J connectivity index is 2.45. The van der Waals surface area contributed by atoms with E-state index in [1.54, 1.807) is 32.4 Å². The van der Waals surface area contributed by atoms with E-state index in [2.05, 4.69) is 10.6 Å². The Morgan fingerprint density at radius 2 is 1.95 bits per heavy atom. The molecule has 0 fully saturated rings.